The van der Waals surface area contributed by atoms with Crippen LogP contribution in [0.2, 0.25) is 0 Å². The quantitative estimate of drug-likeness (QED) is 0.124. The van der Waals surface area contributed by atoms with Gasteiger partial charge in [0.1, 0.15) is 17.7 Å². The van der Waals surface area contributed by atoms with Crippen molar-refractivity contribution in [3.8, 4) is 33.6 Å². The molecule has 2 amide bonds. The van der Waals surface area contributed by atoms with Crippen molar-refractivity contribution < 1.29 is 19.4 Å². The zero-order chi connectivity index (χ0) is 35.2. The van der Waals surface area contributed by atoms with Gasteiger partial charge < -0.3 is 35.3 Å². The Bertz CT molecular complexity index is 1850. The van der Waals surface area contributed by atoms with Crippen LogP contribution in [-0.2, 0) is 9.53 Å². The van der Waals surface area contributed by atoms with Gasteiger partial charge in [-0.2, -0.15) is 0 Å². The van der Waals surface area contributed by atoms with E-state index in [9.17, 15) is 14.7 Å². The number of H-pyrrole nitrogens is 2. The summed E-state index contributed by atoms with van der Waals surface area (Å²) in [6.45, 7) is 6.29. The van der Waals surface area contributed by atoms with Crippen LogP contribution in [0.3, 0.4) is 0 Å². The van der Waals surface area contributed by atoms with Crippen LogP contribution in [0.4, 0.5) is 4.79 Å². The first-order valence-electron chi connectivity index (χ1n) is 18.7. The lowest BCUT2D eigenvalue weighted by Crippen LogP contribution is -2.55. The summed E-state index contributed by atoms with van der Waals surface area (Å²) in [4.78, 5) is 44.6. The lowest BCUT2D eigenvalue weighted by atomic mass is 9.83. The van der Waals surface area contributed by atoms with Gasteiger partial charge in [-0.1, -0.05) is 48.5 Å². The SMILES string of the molecule is C[C@@H]1C[C@H]([C@H](NC(=O)O)C(=O)N2[C@@H](C)CC[C@H]2c2ncc(-c3ccc(-c4ccc(-c5cnc([C@@H]6CC[C@H](C)N6)[nH]5)cc4)cc3)[nH]2)C[C@@H](C2CC2)O1. The lowest BCUT2D eigenvalue weighted by molar-refractivity contribution is -0.141. The number of ether oxygens (including phenoxy) is 1. The number of nitrogens with zero attached hydrogens (tertiary/aromatic N) is 3. The van der Waals surface area contributed by atoms with Crippen LogP contribution in [-0.4, -0.2) is 72.3 Å². The van der Waals surface area contributed by atoms with Crippen LogP contribution in [0, 0.1) is 11.8 Å². The second kappa shape index (κ2) is 13.9. The van der Waals surface area contributed by atoms with Gasteiger partial charge in [0.25, 0.3) is 0 Å². The highest BCUT2D eigenvalue weighted by atomic mass is 16.5. The van der Waals surface area contributed by atoms with Crippen LogP contribution in [0.5, 0.6) is 0 Å². The maximum Gasteiger partial charge on any atom is 0.405 e. The molecule has 8 rings (SSSR count). The summed E-state index contributed by atoms with van der Waals surface area (Å²) in [6, 6.07) is 16.7. The van der Waals surface area contributed by atoms with E-state index < -0.39 is 12.1 Å². The summed E-state index contributed by atoms with van der Waals surface area (Å²) < 4.78 is 6.21. The number of carboxylic acid groups (broad SMARTS) is 1. The molecule has 2 aromatic heterocycles. The van der Waals surface area contributed by atoms with E-state index in [2.05, 4.69) is 81.0 Å². The minimum Gasteiger partial charge on any atom is -0.465 e. The first-order valence-corrected chi connectivity index (χ1v) is 18.7. The van der Waals surface area contributed by atoms with Crippen molar-refractivity contribution in [2.45, 2.75) is 115 Å². The summed E-state index contributed by atoms with van der Waals surface area (Å²) in [5.74, 6) is 1.98. The molecule has 11 heteroatoms. The van der Waals surface area contributed by atoms with Crippen molar-refractivity contribution >= 4 is 12.0 Å². The normalized spacial score (nSPS) is 28.5. The third-order valence-corrected chi connectivity index (χ3v) is 11.6. The smallest absolute Gasteiger partial charge is 0.405 e. The number of hydrogen-bond donors (Lipinski definition) is 5. The maximum atomic E-state index is 14.3. The zero-order valence-corrected chi connectivity index (χ0v) is 29.6. The second-order valence-electron chi connectivity index (χ2n) is 15.4. The largest absolute Gasteiger partial charge is 0.465 e. The van der Waals surface area contributed by atoms with E-state index in [1.165, 1.54) is 6.42 Å². The number of benzene rings is 2. The molecule has 1 saturated carbocycles. The highest BCUT2D eigenvalue weighted by molar-refractivity contribution is 5.86. The zero-order valence-electron chi connectivity index (χ0n) is 29.6. The average Bonchev–Trinajstić information content (AvgIpc) is 3.47. The molecule has 4 aromatic rings. The Kier molecular flexibility index (Phi) is 9.18. The lowest BCUT2D eigenvalue weighted by Gasteiger charge is -2.40. The molecule has 3 saturated heterocycles. The summed E-state index contributed by atoms with van der Waals surface area (Å²) in [5.41, 5.74) is 6.26. The number of rotatable bonds is 9. The Labute approximate surface area is 299 Å². The number of carbonyl (C=O) groups is 2. The molecule has 4 aliphatic rings. The van der Waals surface area contributed by atoms with Gasteiger partial charge in [-0.15, -0.1) is 0 Å². The molecular weight excluding hydrogens is 642 g/mol. The standard InChI is InChI=1S/C40H49N7O4/c1-22-4-16-31(43-22)37-41-20-32(44-37)27-10-6-25(7-11-27)26-8-12-28(13-9-26)33-21-42-38(45-33)34-17-5-23(2)47(34)39(48)36(46-40(49)50)30-18-24(3)51-35(19-30)29-14-15-29/h6-13,20-24,29-31,34-36,43,46H,4-5,14-19H2,1-3H3,(H,41,44)(H,42,45)(H,49,50)/t22-,23-,24+,30-,31-,34-,35-,36-/m0/s1. The van der Waals surface area contributed by atoms with Crippen molar-refractivity contribution in [1.29, 1.82) is 0 Å². The van der Waals surface area contributed by atoms with Crippen LogP contribution in [0.25, 0.3) is 33.6 Å². The van der Waals surface area contributed by atoms with Gasteiger partial charge >= 0.3 is 6.09 Å². The van der Waals surface area contributed by atoms with Crippen LogP contribution in [0.15, 0.2) is 60.9 Å². The summed E-state index contributed by atoms with van der Waals surface area (Å²) in [5, 5.41) is 16.0. The van der Waals surface area contributed by atoms with E-state index in [4.69, 9.17) is 9.72 Å². The van der Waals surface area contributed by atoms with E-state index in [0.29, 0.717) is 30.8 Å². The summed E-state index contributed by atoms with van der Waals surface area (Å²) in [7, 11) is 0. The first-order chi connectivity index (χ1) is 24.7. The van der Waals surface area contributed by atoms with Crippen molar-refractivity contribution in [3.63, 3.8) is 0 Å². The summed E-state index contributed by atoms with van der Waals surface area (Å²) >= 11 is 0. The summed E-state index contributed by atoms with van der Waals surface area (Å²) in [6.07, 6.45) is 10.2. The molecule has 5 N–H and O–H groups in total. The van der Waals surface area contributed by atoms with Gasteiger partial charge in [0.2, 0.25) is 5.91 Å². The highest BCUT2D eigenvalue weighted by Crippen LogP contribution is 2.43. The maximum absolute atomic E-state index is 14.3. The molecule has 268 valence electrons. The highest BCUT2D eigenvalue weighted by Gasteiger charge is 2.46. The molecule has 1 aliphatic carbocycles. The molecule has 51 heavy (non-hydrogen) atoms. The van der Waals surface area contributed by atoms with Gasteiger partial charge in [-0.3, -0.25) is 4.79 Å². The molecule has 0 spiro atoms. The number of hydrogen-bond acceptors (Lipinski definition) is 6. The molecule has 0 radical (unpaired) electrons. The number of aromatic amines is 2. The van der Waals surface area contributed by atoms with Crippen LogP contribution >= 0.6 is 0 Å². The third kappa shape index (κ3) is 7.06. The van der Waals surface area contributed by atoms with Gasteiger partial charge in [0, 0.05) is 12.1 Å². The fraction of sp³-hybridized carbons (Fsp3) is 0.500. The monoisotopic (exact) mass is 691 g/mol. The van der Waals surface area contributed by atoms with E-state index in [0.717, 1.165) is 77.4 Å². The molecule has 4 fully saturated rings. The number of amides is 2. The number of nitrogens with one attached hydrogen (secondary N) is 4. The molecule has 8 atom stereocenters. The molecule has 11 nitrogen and oxygen atoms in total. The topological polar surface area (TPSA) is 148 Å². The number of carbonyl (C=O) groups excluding carboxylic acids is 1. The van der Waals surface area contributed by atoms with E-state index in [1.807, 2.05) is 31.1 Å². The van der Waals surface area contributed by atoms with Crippen molar-refractivity contribution in [3.05, 3.63) is 72.6 Å². The number of imidazole rings is 2. The van der Waals surface area contributed by atoms with Crippen molar-refractivity contribution in [2.24, 2.45) is 11.8 Å². The molecule has 2 aromatic carbocycles. The van der Waals surface area contributed by atoms with Crippen LogP contribution in [0.1, 0.15) is 95.9 Å². The van der Waals surface area contributed by atoms with Crippen LogP contribution < -0.4 is 10.6 Å². The fourth-order valence-corrected chi connectivity index (χ4v) is 8.71. The van der Waals surface area contributed by atoms with E-state index in [-0.39, 0.29) is 36.1 Å². The predicted molar refractivity (Wildman–Crippen MR) is 195 cm³/mol. The minimum absolute atomic E-state index is 0.0102. The van der Waals surface area contributed by atoms with Gasteiger partial charge in [0.05, 0.1) is 48.1 Å². The van der Waals surface area contributed by atoms with E-state index in [1.54, 1.807) is 0 Å². The van der Waals surface area contributed by atoms with E-state index >= 15 is 0 Å². The van der Waals surface area contributed by atoms with Crippen molar-refractivity contribution in [2.75, 3.05) is 0 Å². The molecule has 5 heterocycles. The Balaban J connectivity index is 0.953. The Hall–Kier alpha value is -4.48. The first kappa shape index (κ1) is 33.7. The molecule has 0 bridgehead atoms. The van der Waals surface area contributed by atoms with Gasteiger partial charge in [-0.25, -0.2) is 14.8 Å². The van der Waals surface area contributed by atoms with Gasteiger partial charge in [-0.05, 0) is 106 Å². The fourth-order valence-electron chi connectivity index (χ4n) is 8.71. The minimum atomic E-state index is -1.17. The molecule has 3 aliphatic heterocycles. The Morgan fingerprint density at radius 1 is 0.804 bits per heavy atom. The van der Waals surface area contributed by atoms with Crippen molar-refractivity contribution in [1.82, 2.24) is 35.5 Å². The number of likely N-dealkylation sites (tertiary alicyclic amines) is 1. The second-order valence-corrected chi connectivity index (χ2v) is 15.4. The average molecular weight is 692 g/mol. The Morgan fingerprint density at radius 2 is 1.41 bits per heavy atom. The predicted octanol–water partition coefficient (Wildman–Crippen LogP) is 7.23. The van der Waals surface area contributed by atoms with Gasteiger partial charge in [0.15, 0.2) is 0 Å². The number of aromatic nitrogens is 4. The Morgan fingerprint density at radius 3 is 2.00 bits per heavy atom. The molecule has 0 unspecified atom stereocenters. The molecular formula is C40H49N7O4. The third-order valence-electron chi connectivity index (χ3n) is 11.6.